The van der Waals surface area contributed by atoms with E-state index in [1.54, 1.807) is 6.08 Å². The van der Waals surface area contributed by atoms with Gasteiger partial charge in [-0.2, -0.15) is 0 Å². The molecule has 2 heteroatoms. The lowest BCUT2D eigenvalue weighted by Crippen LogP contribution is -2.21. The fraction of sp³-hybridized carbons (Fsp3) is 0.609. The topological polar surface area (TPSA) is 29.1 Å². The SMILES string of the molecule is CCCCCCCCCCCNC(=O)/C=C/c1ccc(C(C)C)cc1. The Bertz CT molecular complexity index is 487. The van der Waals surface area contributed by atoms with Gasteiger partial charge in [0.1, 0.15) is 0 Å². The molecular formula is C23H37NO. The molecule has 0 saturated carbocycles. The number of unbranched alkanes of at least 4 members (excludes halogenated alkanes) is 8. The molecule has 2 nitrogen and oxygen atoms in total. The summed E-state index contributed by atoms with van der Waals surface area (Å²) in [7, 11) is 0. The van der Waals surface area contributed by atoms with Crippen LogP contribution in [0, 0.1) is 0 Å². The second-order valence-electron chi connectivity index (χ2n) is 7.27. The molecule has 1 N–H and O–H groups in total. The molecule has 0 spiro atoms. The maximum atomic E-state index is 11.8. The van der Waals surface area contributed by atoms with Crippen LogP contribution < -0.4 is 5.32 Å². The van der Waals surface area contributed by atoms with Gasteiger partial charge in [0.05, 0.1) is 0 Å². The van der Waals surface area contributed by atoms with E-state index in [9.17, 15) is 4.79 Å². The summed E-state index contributed by atoms with van der Waals surface area (Å²) < 4.78 is 0. The molecule has 0 saturated heterocycles. The van der Waals surface area contributed by atoms with Crippen molar-refractivity contribution in [2.24, 2.45) is 0 Å². The van der Waals surface area contributed by atoms with E-state index in [0.717, 1.165) is 18.5 Å². The zero-order valence-corrected chi connectivity index (χ0v) is 16.5. The monoisotopic (exact) mass is 343 g/mol. The quantitative estimate of drug-likeness (QED) is 0.323. The molecule has 0 aromatic heterocycles. The van der Waals surface area contributed by atoms with Crippen LogP contribution in [0.2, 0.25) is 0 Å². The van der Waals surface area contributed by atoms with Crippen molar-refractivity contribution < 1.29 is 4.79 Å². The maximum absolute atomic E-state index is 11.8. The standard InChI is InChI=1S/C23H37NO/c1-4-5-6-7-8-9-10-11-12-19-24-23(25)18-15-21-13-16-22(17-14-21)20(2)3/h13-18,20H,4-12,19H2,1-3H3,(H,24,25)/b18-15+. The van der Waals surface area contributed by atoms with Crippen LogP contribution >= 0.6 is 0 Å². The molecule has 0 unspecified atom stereocenters. The fourth-order valence-electron chi connectivity index (χ4n) is 2.87. The largest absolute Gasteiger partial charge is 0.353 e. The van der Waals surface area contributed by atoms with Crippen LogP contribution in [0.5, 0.6) is 0 Å². The molecule has 0 radical (unpaired) electrons. The van der Waals surface area contributed by atoms with Gasteiger partial charge in [-0.05, 0) is 29.5 Å². The zero-order valence-electron chi connectivity index (χ0n) is 16.5. The van der Waals surface area contributed by atoms with Crippen molar-refractivity contribution in [2.45, 2.75) is 84.5 Å². The summed E-state index contributed by atoms with van der Waals surface area (Å²) in [4.78, 5) is 11.8. The number of hydrogen-bond donors (Lipinski definition) is 1. The number of hydrogen-bond acceptors (Lipinski definition) is 1. The van der Waals surface area contributed by atoms with Gasteiger partial charge in [-0.3, -0.25) is 4.79 Å². The highest BCUT2D eigenvalue weighted by molar-refractivity contribution is 5.91. The molecule has 1 aromatic carbocycles. The lowest BCUT2D eigenvalue weighted by Gasteiger charge is -2.05. The summed E-state index contributed by atoms with van der Waals surface area (Å²) in [6, 6.07) is 8.40. The van der Waals surface area contributed by atoms with E-state index in [4.69, 9.17) is 0 Å². The molecule has 1 aromatic rings. The summed E-state index contributed by atoms with van der Waals surface area (Å²) in [5.74, 6) is 0.546. The predicted octanol–water partition coefficient (Wildman–Crippen LogP) is 6.47. The summed E-state index contributed by atoms with van der Waals surface area (Å²) in [5, 5.41) is 2.98. The molecule has 1 rings (SSSR count). The Balaban J connectivity index is 2.06. The fourth-order valence-corrected chi connectivity index (χ4v) is 2.87. The minimum atomic E-state index is 0.00695. The molecular weight excluding hydrogens is 306 g/mol. The van der Waals surface area contributed by atoms with Crippen molar-refractivity contribution in [3.63, 3.8) is 0 Å². The predicted molar refractivity (Wildman–Crippen MR) is 110 cm³/mol. The van der Waals surface area contributed by atoms with Gasteiger partial charge >= 0.3 is 0 Å². The summed E-state index contributed by atoms with van der Waals surface area (Å²) in [6.45, 7) is 7.41. The second-order valence-corrected chi connectivity index (χ2v) is 7.27. The first kappa shape index (κ1) is 21.5. The van der Waals surface area contributed by atoms with E-state index in [1.165, 1.54) is 56.9 Å². The van der Waals surface area contributed by atoms with E-state index in [-0.39, 0.29) is 5.91 Å². The molecule has 0 aliphatic rings. The maximum Gasteiger partial charge on any atom is 0.243 e. The van der Waals surface area contributed by atoms with Crippen LogP contribution in [0.3, 0.4) is 0 Å². The number of nitrogens with one attached hydrogen (secondary N) is 1. The van der Waals surface area contributed by atoms with Gasteiger partial charge in [0, 0.05) is 12.6 Å². The van der Waals surface area contributed by atoms with Crippen LogP contribution in [0.25, 0.3) is 6.08 Å². The first-order chi connectivity index (χ1) is 12.1. The van der Waals surface area contributed by atoms with Crippen LogP contribution in [-0.2, 0) is 4.79 Å². The highest BCUT2D eigenvalue weighted by Gasteiger charge is 1.98. The average molecular weight is 344 g/mol. The van der Waals surface area contributed by atoms with Gasteiger partial charge in [0.2, 0.25) is 5.91 Å². The van der Waals surface area contributed by atoms with Crippen molar-refractivity contribution in [2.75, 3.05) is 6.54 Å². The first-order valence-corrected chi connectivity index (χ1v) is 10.2. The Morgan fingerprint density at radius 1 is 0.920 bits per heavy atom. The molecule has 140 valence electrons. The van der Waals surface area contributed by atoms with Gasteiger partial charge in [0.25, 0.3) is 0 Å². The minimum absolute atomic E-state index is 0.00695. The molecule has 0 aliphatic carbocycles. The second kappa shape index (κ2) is 13.7. The van der Waals surface area contributed by atoms with E-state index < -0.39 is 0 Å². The van der Waals surface area contributed by atoms with Gasteiger partial charge < -0.3 is 5.32 Å². The van der Waals surface area contributed by atoms with Gasteiger partial charge in [-0.15, -0.1) is 0 Å². The third-order valence-corrected chi connectivity index (χ3v) is 4.61. The van der Waals surface area contributed by atoms with Crippen LogP contribution in [0.1, 0.15) is 95.6 Å². The normalized spacial score (nSPS) is 11.4. The zero-order chi connectivity index (χ0) is 18.3. The van der Waals surface area contributed by atoms with Crippen LogP contribution in [-0.4, -0.2) is 12.5 Å². The molecule has 0 aliphatic heterocycles. The third kappa shape index (κ3) is 10.8. The summed E-state index contributed by atoms with van der Waals surface area (Å²) in [6.07, 6.45) is 15.3. The Morgan fingerprint density at radius 2 is 1.48 bits per heavy atom. The molecule has 1 amide bonds. The van der Waals surface area contributed by atoms with Crippen molar-refractivity contribution in [3.05, 3.63) is 41.5 Å². The number of carbonyl (C=O) groups excluding carboxylic acids is 1. The molecule has 0 bridgehead atoms. The van der Waals surface area contributed by atoms with E-state index in [1.807, 2.05) is 6.08 Å². The van der Waals surface area contributed by atoms with E-state index >= 15 is 0 Å². The van der Waals surface area contributed by atoms with Crippen LogP contribution in [0.4, 0.5) is 0 Å². The Morgan fingerprint density at radius 3 is 2.04 bits per heavy atom. The smallest absolute Gasteiger partial charge is 0.243 e. The minimum Gasteiger partial charge on any atom is -0.353 e. The highest BCUT2D eigenvalue weighted by atomic mass is 16.1. The first-order valence-electron chi connectivity index (χ1n) is 10.2. The highest BCUT2D eigenvalue weighted by Crippen LogP contribution is 2.15. The molecule has 0 fully saturated rings. The van der Waals surface area contributed by atoms with E-state index in [2.05, 4.69) is 50.4 Å². The van der Waals surface area contributed by atoms with Crippen molar-refractivity contribution in [1.82, 2.24) is 5.32 Å². The number of carbonyl (C=O) groups is 1. The Labute approximate surface area is 155 Å². The number of rotatable bonds is 13. The lowest BCUT2D eigenvalue weighted by atomic mass is 10.0. The molecule has 0 heterocycles. The Kier molecular flexibility index (Phi) is 11.8. The average Bonchev–Trinajstić information content (AvgIpc) is 2.62. The van der Waals surface area contributed by atoms with Crippen molar-refractivity contribution in [3.8, 4) is 0 Å². The number of amides is 1. The third-order valence-electron chi connectivity index (χ3n) is 4.61. The number of benzene rings is 1. The summed E-state index contributed by atoms with van der Waals surface area (Å²) >= 11 is 0. The van der Waals surface area contributed by atoms with Gasteiger partial charge in [-0.25, -0.2) is 0 Å². The van der Waals surface area contributed by atoms with Crippen molar-refractivity contribution in [1.29, 1.82) is 0 Å². The molecule has 25 heavy (non-hydrogen) atoms. The van der Waals surface area contributed by atoms with E-state index in [0.29, 0.717) is 5.92 Å². The van der Waals surface area contributed by atoms with Gasteiger partial charge in [-0.1, -0.05) is 96.4 Å². The Hall–Kier alpha value is -1.57. The van der Waals surface area contributed by atoms with Gasteiger partial charge in [0.15, 0.2) is 0 Å². The van der Waals surface area contributed by atoms with Crippen molar-refractivity contribution >= 4 is 12.0 Å². The molecule has 0 atom stereocenters. The summed E-state index contributed by atoms with van der Waals surface area (Å²) in [5.41, 5.74) is 2.40. The lowest BCUT2D eigenvalue weighted by molar-refractivity contribution is -0.116. The van der Waals surface area contributed by atoms with Crippen LogP contribution in [0.15, 0.2) is 30.3 Å².